The van der Waals surface area contributed by atoms with Gasteiger partial charge in [-0.3, -0.25) is 0 Å². The molecule has 0 bridgehead atoms. The van der Waals surface area contributed by atoms with E-state index in [4.69, 9.17) is 34.2 Å². The standard InChI is InChI=1S/C12H15Cl2N3/c1-3-17(7-8(2)6-15)12-5-10(14)9(13)4-11(12)16/h4-5,8H,3,7,16H2,1-2H3. The first-order valence-corrected chi connectivity index (χ1v) is 6.14. The fourth-order valence-electron chi connectivity index (χ4n) is 1.59. The van der Waals surface area contributed by atoms with Gasteiger partial charge < -0.3 is 10.6 Å². The minimum Gasteiger partial charge on any atom is -0.397 e. The highest BCUT2D eigenvalue weighted by Crippen LogP contribution is 2.33. The maximum Gasteiger partial charge on any atom is 0.0671 e. The summed E-state index contributed by atoms with van der Waals surface area (Å²) in [6.07, 6.45) is 0. The van der Waals surface area contributed by atoms with E-state index in [1.54, 1.807) is 12.1 Å². The monoisotopic (exact) mass is 271 g/mol. The van der Waals surface area contributed by atoms with E-state index in [0.29, 0.717) is 22.3 Å². The summed E-state index contributed by atoms with van der Waals surface area (Å²) in [4.78, 5) is 2.02. The van der Waals surface area contributed by atoms with E-state index < -0.39 is 0 Å². The Morgan fingerprint density at radius 3 is 2.53 bits per heavy atom. The molecule has 0 heterocycles. The van der Waals surface area contributed by atoms with Crippen LogP contribution in [0.5, 0.6) is 0 Å². The fraction of sp³-hybridized carbons (Fsp3) is 0.417. The Morgan fingerprint density at radius 2 is 2.00 bits per heavy atom. The second kappa shape index (κ2) is 6.00. The van der Waals surface area contributed by atoms with Gasteiger partial charge in [0, 0.05) is 13.1 Å². The smallest absolute Gasteiger partial charge is 0.0671 e. The Bertz CT molecular complexity index is 440. The summed E-state index contributed by atoms with van der Waals surface area (Å²) < 4.78 is 0. The van der Waals surface area contributed by atoms with Crippen LogP contribution in [0.25, 0.3) is 0 Å². The molecular weight excluding hydrogens is 257 g/mol. The van der Waals surface area contributed by atoms with Crippen molar-refractivity contribution in [2.24, 2.45) is 5.92 Å². The summed E-state index contributed by atoms with van der Waals surface area (Å²) in [5.41, 5.74) is 7.31. The summed E-state index contributed by atoms with van der Waals surface area (Å²) >= 11 is 11.9. The fourth-order valence-corrected chi connectivity index (χ4v) is 1.92. The summed E-state index contributed by atoms with van der Waals surface area (Å²) in [5, 5.41) is 9.75. The van der Waals surface area contributed by atoms with Gasteiger partial charge in [0.1, 0.15) is 0 Å². The Hall–Kier alpha value is -1.11. The molecule has 1 rings (SSSR count). The van der Waals surface area contributed by atoms with Crippen molar-refractivity contribution < 1.29 is 0 Å². The zero-order chi connectivity index (χ0) is 13.0. The molecule has 0 radical (unpaired) electrons. The number of hydrogen-bond acceptors (Lipinski definition) is 3. The van der Waals surface area contributed by atoms with Crippen molar-refractivity contribution in [2.45, 2.75) is 13.8 Å². The molecule has 0 aliphatic carbocycles. The first-order chi connectivity index (χ1) is 7.99. The molecule has 0 spiro atoms. The summed E-state index contributed by atoms with van der Waals surface area (Å²) in [7, 11) is 0. The topological polar surface area (TPSA) is 53.0 Å². The van der Waals surface area contributed by atoms with E-state index in [2.05, 4.69) is 6.07 Å². The number of nitrogens with zero attached hydrogens (tertiary/aromatic N) is 2. The lowest BCUT2D eigenvalue weighted by Gasteiger charge is -2.26. The number of nitrogens with two attached hydrogens (primary N) is 1. The van der Waals surface area contributed by atoms with Gasteiger partial charge in [-0.05, 0) is 26.0 Å². The molecule has 1 atom stereocenters. The maximum atomic E-state index is 8.84. The second-order valence-electron chi connectivity index (χ2n) is 3.89. The van der Waals surface area contributed by atoms with Crippen molar-refractivity contribution in [2.75, 3.05) is 23.7 Å². The highest BCUT2D eigenvalue weighted by molar-refractivity contribution is 6.42. The molecule has 0 saturated heterocycles. The molecule has 0 amide bonds. The molecule has 92 valence electrons. The Balaban J connectivity index is 3.04. The lowest BCUT2D eigenvalue weighted by atomic mass is 10.1. The van der Waals surface area contributed by atoms with Crippen LogP contribution in [0.3, 0.4) is 0 Å². The minimum atomic E-state index is -0.0659. The van der Waals surface area contributed by atoms with Gasteiger partial charge in [0.2, 0.25) is 0 Å². The number of nitriles is 1. The number of nitrogen functional groups attached to an aromatic ring is 1. The molecule has 0 fully saturated rings. The zero-order valence-electron chi connectivity index (χ0n) is 9.87. The van der Waals surface area contributed by atoms with Crippen LogP contribution >= 0.6 is 23.2 Å². The third-order valence-corrected chi connectivity index (χ3v) is 3.23. The predicted octanol–water partition coefficient (Wildman–Crippen LogP) is 3.56. The van der Waals surface area contributed by atoms with Gasteiger partial charge in [0.05, 0.1) is 33.4 Å². The highest BCUT2D eigenvalue weighted by Gasteiger charge is 2.13. The van der Waals surface area contributed by atoms with Crippen LogP contribution in [0.2, 0.25) is 10.0 Å². The van der Waals surface area contributed by atoms with Gasteiger partial charge in [0.25, 0.3) is 0 Å². The quantitative estimate of drug-likeness (QED) is 0.852. The van der Waals surface area contributed by atoms with Gasteiger partial charge >= 0.3 is 0 Å². The second-order valence-corrected chi connectivity index (χ2v) is 4.71. The molecule has 1 unspecified atom stereocenters. The van der Waals surface area contributed by atoms with Crippen LogP contribution in [0.4, 0.5) is 11.4 Å². The van der Waals surface area contributed by atoms with Gasteiger partial charge in [-0.15, -0.1) is 0 Å². The van der Waals surface area contributed by atoms with Crippen molar-refractivity contribution in [3.63, 3.8) is 0 Å². The Morgan fingerprint density at radius 1 is 1.41 bits per heavy atom. The van der Waals surface area contributed by atoms with Crippen LogP contribution in [0.1, 0.15) is 13.8 Å². The molecule has 0 aliphatic heterocycles. The molecule has 0 saturated carbocycles. The molecule has 1 aromatic rings. The summed E-state index contributed by atoms with van der Waals surface area (Å²) in [6.45, 7) is 5.26. The van der Waals surface area contributed by atoms with E-state index >= 15 is 0 Å². The molecule has 3 nitrogen and oxygen atoms in total. The average molecular weight is 272 g/mol. The zero-order valence-corrected chi connectivity index (χ0v) is 11.4. The normalized spacial score (nSPS) is 11.9. The largest absolute Gasteiger partial charge is 0.397 e. The third-order valence-electron chi connectivity index (χ3n) is 2.51. The molecule has 0 aromatic heterocycles. The van der Waals surface area contributed by atoms with Gasteiger partial charge in [-0.2, -0.15) is 5.26 Å². The number of halogens is 2. The molecule has 2 N–H and O–H groups in total. The van der Waals surface area contributed by atoms with Crippen molar-refractivity contribution in [3.8, 4) is 6.07 Å². The van der Waals surface area contributed by atoms with E-state index in [9.17, 15) is 0 Å². The minimum absolute atomic E-state index is 0.0659. The van der Waals surface area contributed by atoms with Gasteiger partial charge in [0.15, 0.2) is 0 Å². The first kappa shape index (κ1) is 14.0. The molecule has 5 heteroatoms. The molecule has 1 aromatic carbocycles. The number of benzene rings is 1. The van der Waals surface area contributed by atoms with Crippen LogP contribution < -0.4 is 10.6 Å². The van der Waals surface area contributed by atoms with Crippen molar-refractivity contribution >= 4 is 34.6 Å². The number of hydrogen-bond donors (Lipinski definition) is 1. The molecule has 17 heavy (non-hydrogen) atoms. The SMILES string of the molecule is CCN(CC(C)C#N)c1cc(Cl)c(Cl)cc1N. The van der Waals surface area contributed by atoms with Gasteiger partial charge in [-0.1, -0.05) is 23.2 Å². The van der Waals surface area contributed by atoms with Gasteiger partial charge in [-0.25, -0.2) is 0 Å². The highest BCUT2D eigenvalue weighted by atomic mass is 35.5. The molecule has 0 aliphatic rings. The predicted molar refractivity (Wildman–Crippen MR) is 73.5 cm³/mol. The average Bonchev–Trinajstić information content (AvgIpc) is 2.30. The summed E-state index contributed by atoms with van der Waals surface area (Å²) in [5.74, 6) is -0.0659. The Labute approximate surface area is 112 Å². The third kappa shape index (κ3) is 3.42. The van der Waals surface area contributed by atoms with Crippen molar-refractivity contribution in [1.29, 1.82) is 5.26 Å². The van der Waals surface area contributed by atoms with E-state index in [-0.39, 0.29) is 5.92 Å². The lowest BCUT2D eigenvalue weighted by Crippen LogP contribution is -2.28. The first-order valence-electron chi connectivity index (χ1n) is 5.38. The van der Waals surface area contributed by atoms with E-state index in [0.717, 1.165) is 12.2 Å². The van der Waals surface area contributed by atoms with E-state index in [1.807, 2.05) is 18.7 Å². The van der Waals surface area contributed by atoms with Crippen LogP contribution in [-0.4, -0.2) is 13.1 Å². The van der Waals surface area contributed by atoms with Crippen molar-refractivity contribution in [3.05, 3.63) is 22.2 Å². The van der Waals surface area contributed by atoms with E-state index in [1.165, 1.54) is 0 Å². The van der Waals surface area contributed by atoms with Crippen LogP contribution in [-0.2, 0) is 0 Å². The Kier molecular flexibility index (Phi) is 4.92. The number of rotatable bonds is 4. The molecular formula is C12H15Cl2N3. The lowest BCUT2D eigenvalue weighted by molar-refractivity contribution is 0.687. The maximum absolute atomic E-state index is 8.84. The number of anilines is 2. The summed E-state index contributed by atoms with van der Waals surface area (Å²) in [6, 6.07) is 5.58. The van der Waals surface area contributed by atoms with Crippen LogP contribution in [0.15, 0.2) is 12.1 Å². The van der Waals surface area contributed by atoms with Crippen LogP contribution in [0, 0.1) is 17.2 Å². The van der Waals surface area contributed by atoms with Crippen molar-refractivity contribution in [1.82, 2.24) is 0 Å².